The molecule has 4 aliphatic rings. The molecule has 42 heavy (non-hydrogen) atoms. The molecule has 13 nitrogen and oxygen atoms in total. The monoisotopic (exact) mass is 585 g/mol. The number of fused-ring (bicyclic) bond motifs is 3. The summed E-state index contributed by atoms with van der Waals surface area (Å²) in [6, 6.07) is 3.14. The third-order valence-electron chi connectivity index (χ3n) is 8.97. The Labute approximate surface area is 241 Å². The van der Waals surface area contributed by atoms with Gasteiger partial charge in [0.1, 0.15) is 28.9 Å². The van der Waals surface area contributed by atoms with Gasteiger partial charge in [0.2, 0.25) is 5.78 Å². The Bertz CT molecular complexity index is 1410. The van der Waals surface area contributed by atoms with E-state index in [0.29, 0.717) is 38.4 Å². The van der Waals surface area contributed by atoms with Crippen LogP contribution in [-0.2, 0) is 23.9 Å². The molecule has 0 bridgehead atoms. The maximum absolute atomic E-state index is 13.9. The van der Waals surface area contributed by atoms with Crippen molar-refractivity contribution < 1.29 is 49.1 Å². The van der Waals surface area contributed by atoms with Gasteiger partial charge in [0.15, 0.2) is 11.4 Å². The SMILES string of the molecule is C[C@H]1c2cccc(O)c2C(=O)C2=C(O)[C@]3(O)C(=O)C(C(N)=O)=C(O)[C@@H](N(C)C)[C@@H]3[C@@H](OC(=O)CCN3CCOCC3)[C@@H]21. The molecular weight excluding hydrogens is 550 g/mol. The highest BCUT2D eigenvalue weighted by molar-refractivity contribution is 6.25. The quantitative estimate of drug-likeness (QED) is 0.220. The van der Waals surface area contributed by atoms with Gasteiger partial charge in [-0.3, -0.25) is 29.0 Å². The number of amides is 1. The lowest BCUT2D eigenvalue weighted by molar-refractivity contribution is -0.181. The summed E-state index contributed by atoms with van der Waals surface area (Å²) in [6.45, 7) is 4.35. The number of ketones is 2. The Morgan fingerprint density at radius 2 is 1.83 bits per heavy atom. The number of ether oxygens (including phenoxy) is 2. The third kappa shape index (κ3) is 4.39. The van der Waals surface area contributed by atoms with Crippen LogP contribution in [0.5, 0.6) is 5.75 Å². The summed E-state index contributed by atoms with van der Waals surface area (Å²) in [6.07, 6.45) is -1.49. The number of phenolic OH excluding ortho intramolecular Hbond substituents is 1. The number of hydrogen-bond donors (Lipinski definition) is 5. The predicted molar refractivity (Wildman–Crippen MR) is 146 cm³/mol. The lowest BCUT2D eigenvalue weighted by atomic mass is 9.55. The fourth-order valence-corrected chi connectivity index (χ4v) is 6.98. The second kappa shape index (κ2) is 10.8. The number of rotatable bonds is 6. The standard InChI is InChI=1S/C29H35N3O10/c1-13-14-5-4-6-15(33)18(14)23(35)19-17(13)25(42-16(34)7-8-32-9-11-41-12-10-32)21-22(31(2)3)24(36)20(28(30)39)27(38)29(21,40)26(19)37/h4-6,13,17,21-22,25,33,36-37,40H,7-12H2,1-3H3,(H2,30,39)/t13-,17+,21+,22-,25-,29-/m0/s1. The number of primary amides is 1. The molecule has 0 spiro atoms. The molecule has 13 heteroatoms. The maximum Gasteiger partial charge on any atom is 0.307 e. The number of hydrogen-bond acceptors (Lipinski definition) is 12. The topological polar surface area (TPSA) is 200 Å². The van der Waals surface area contributed by atoms with Crippen LogP contribution >= 0.6 is 0 Å². The Kier molecular flexibility index (Phi) is 7.64. The maximum atomic E-state index is 13.9. The van der Waals surface area contributed by atoms with Gasteiger partial charge >= 0.3 is 5.97 Å². The van der Waals surface area contributed by atoms with Crippen molar-refractivity contribution in [2.75, 3.05) is 46.9 Å². The molecule has 1 saturated heterocycles. The second-order valence-electron chi connectivity index (χ2n) is 11.5. The van der Waals surface area contributed by atoms with Crippen LogP contribution in [0.15, 0.2) is 40.9 Å². The molecule has 6 N–H and O–H groups in total. The van der Waals surface area contributed by atoms with Crippen molar-refractivity contribution >= 4 is 23.4 Å². The summed E-state index contributed by atoms with van der Waals surface area (Å²) in [4.78, 5) is 56.8. The van der Waals surface area contributed by atoms with Gasteiger partial charge in [0, 0.05) is 31.1 Å². The second-order valence-corrected chi connectivity index (χ2v) is 11.5. The van der Waals surface area contributed by atoms with Crippen LogP contribution in [0.1, 0.15) is 35.2 Å². The van der Waals surface area contributed by atoms with E-state index in [4.69, 9.17) is 15.2 Å². The average molecular weight is 586 g/mol. The van der Waals surface area contributed by atoms with Crippen LogP contribution in [0.3, 0.4) is 0 Å². The van der Waals surface area contributed by atoms with E-state index in [9.17, 15) is 39.6 Å². The number of nitrogens with two attached hydrogens (primary N) is 1. The lowest BCUT2D eigenvalue weighted by Crippen LogP contribution is -2.69. The van der Waals surface area contributed by atoms with E-state index in [-0.39, 0.29) is 17.7 Å². The highest BCUT2D eigenvalue weighted by atomic mass is 16.5. The Hall–Kier alpha value is -3.78. The molecular formula is C29H35N3O10. The van der Waals surface area contributed by atoms with Crippen molar-refractivity contribution in [1.82, 2.24) is 9.80 Å². The van der Waals surface area contributed by atoms with Crippen molar-refractivity contribution in [1.29, 1.82) is 0 Å². The molecule has 0 aromatic heterocycles. The number of aliphatic hydroxyl groups is 3. The molecule has 0 radical (unpaired) electrons. The van der Waals surface area contributed by atoms with E-state index in [1.165, 1.54) is 25.1 Å². The first-order valence-electron chi connectivity index (χ1n) is 13.8. The van der Waals surface area contributed by atoms with Gasteiger partial charge in [-0.25, -0.2) is 0 Å². The number of nitrogens with zero attached hydrogens (tertiary/aromatic N) is 2. The molecule has 226 valence electrons. The van der Waals surface area contributed by atoms with Crippen molar-refractivity contribution in [3.63, 3.8) is 0 Å². The minimum atomic E-state index is -2.97. The normalized spacial score (nSPS) is 31.5. The fraction of sp³-hybridized carbons (Fsp3) is 0.517. The van der Waals surface area contributed by atoms with Gasteiger partial charge in [-0.2, -0.15) is 0 Å². The first kappa shape index (κ1) is 29.7. The molecule has 3 aliphatic carbocycles. The summed E-state index contributed by atoms with van der Waals surface area (Å²) >= 11 is 0. The summed E-state index contributed by atoms with van der Waals surface area (Å²) in [5.74, 6) is -9.75. The number of carbonyl (C=O) groups is 4. The Morgan fingerprint density at radius 3 is 2.45 bits per heavy atom. The largest absolute Gasteiger partial charge is 0.510 e. The third-order valence-corrected chi connectivity index (χ3v) is 8.97. The van der Waals surface area contributed by atoms with Gasteiger partial charge < -0.3 is 35.6 Å². The van der Waals surface area contributed by atoms with E-state index in [1.807, 2.05) is 4.90 Å². The highest BCUT2D eigenvalue weighted by Gasteiger charge is 2.68. The number of carbonyl (C=O) groups excluding carboxylic acids is 4. The summed E-state index contributed by atoms with van der Waals surface area (Å²) in [7, 11) is 3.01. The first-order valence-corrected chi connectivity index (χ1v) is 13.8. The van der Waals surface area contributed by atoms with Gasteiger partial charge in [0.25, 0.3) is 5.91 Å². The van der Waals surface area contributed by atoms with Crippen molar-refractivity contribution in [3.05, 3.63) is 52.0 Å². The zero-order chi connectivity index (χ0) is 30.7. The van der Waals surface area contributed by atoms with Gasteiger partial charge in [-0.05, 0) is 31.6 Å². The van der Waals surface area contributed by atoms with Gasteiger partial charge in [-0.1, -0.05) is 19.1 Å². The lowest BCUT2D eigenvalue weighted by Gasteiger charge is -2.54. The summed E-state index contributed by atoms with van der Waals surface area (Å²) in [5, 5.41) is 45.5. The number of aliphatic hydroxyl groups excluding tert-OH is 2. The summed E-state index contributed by atoms with van der Waals surface area (Å²) < 4.78 is 11.4. The first-order chi connectivity index (χ1) is 19.8. The fourth-order valence-electron chi connectivity index (χ4n) is 6.98. The summed E-state index contributed by atoms with van der Waals surface area (Å²) in [5.41, 5.74) is 1.40. The van der Waals surface area contributed by atoms with Crippen LogP contribution in [0, 0.1) is 11.8 Å². The van der Waals surface area contributed by atoms with Crippen LogP contribution in [0.4, 0.5) is 0 Å². The number of phenols is 1. The van der Waals surface area contributed by atoms with Crippen LogP contribution < -0.4 is 5.73 Å². The molecule has 1 aromatic carbocycles. The minimum Gasteiger partial charge on any atom is -0.510 e. The van der Waals surface area contributed by atoms with E-state index in [0.717, 1.165) is 0 Å². The number of esters is 1. The average Bonchev–Trinajstić information content (AvgIpc) is 2.93. The molecule has 1 fully saturated rings. The molecule has 1 aromatic rings. The van der Waals surface area contributed by atoms with Crippen LogP contribution in [0.2, 0.25) is 0 Å². The van der Waals surface area contributed by atoms with Crippen LogP contribution in [0.25, 0.3) is 0 Å². The van der Waals surface area contributed by atoms with Gasteiger partial charge in [0.05, 0.1) is 37.2 Å². The van der Waals surface area contributed by atoms with Gasteiger partial charge in [-0.15, -0.1) is 0 Å². The molecule has 0 saturated carbocycles. The molecule has 1 heterocycles. The number of Topliss-reactive ketones (excluding diaryl/α,β-unsaturated/α-hetero) is 2. The Morgan fingerprint density at radius 1 is 1.17 bits per heavy atom. The zero-order valence-corrected chi connectivity index (χ0v) is 23.6. The Balaban J connectivity index is 1.68. The van der Waals surface area contributed by atoms with E-state index < -0.39 is 81.6 Å². The number of aromatic hydroxyl groups is 1. The van der Waals surface area contributed by atoms with Crippen molar-refractivity contribution in [2.45, 2.75) is 37.0 Å². The smallest absolute Gasteiger partial charge is 0.307 e. The van der Waals surface area contributed by atoms with E-state index in [1.54, 1.807) is 19.1 Å². The van der Waals surface area contributed by atoms with Crippen LogP contribution in [-0.4, -0.2) is 118 Å². The molecule has 1 aliphatic heterocycles. The predicted octanol–water partition coefficient (Wildman–Crippen LogP) is -0.0744. The molecule has 0 unspecified atom stereocenters. The molecule has 1 amide bonds. The molecule has 5 rings (SSSR count). The van der Waals surface area contributed by atoms with Crippen molar-refractivity contribution in [3.8, 4) is 5.75 Å². The number of morpholine rings is 1. The molecule has 6 atom stereocenters. The van der Waals surface area contributed by atoms with Crippen molar-refractivity contribution in [2.24, 2.45) is 17.6 Å². The number of likely N-dealkylation sites (N-methyl/N-ethyl adjacent to an activating group) is 1. The number of benzene rings is 1. The van der Waals surface area contributed by atoms with E-state index >= 15 is 0 Å². The highest BCUT2D eigenvalue weighted by Crippen LogP contribution is 2.56. The zero-order valence-electron chi connectivity index (χ0n) is 23.6. The minimum absolute atomic E-state index is 0.0615. The van der Waals surface area contributed by atoms with E-state index in [2.05, 4.69) is 0 Å².